The number of rotatable bonds is 5. The van der Waals surface area contributed by atoms with E-state index in [0.717, 1.165) is 0 Å². The first-order chi connectivity index (χ1) is 7.27. The van der Waals surface area contributed by atoms with Gasteiger partial charge in [-0.25, -0.2) is 4.79 Å². The smallest absolute Gasteiger partial charge is 0.330 e. The minimum absolute atomic E-state index is 0.108. The lowest BCUT2D eigenvalue weighted by molar-refractivity contribution is -0.137. The van der Waals surface area contributed by atoms with Gasteiger partial charge in [0.15, 0.2) is 0 Å². The van der Waals surface area contributed by atoms with E-state index >= 15 is 0 Å². The number of hydrogen-bond acceptors (Lipinski definition) is 4. The molecule has 0 aliphatic heterocycles. The fourth-order valence-corrected chi connectivity index (χ4v) is 1.13. The zero-order valence-electron chi connectivity index (χ0n) is 8.55. The monoisotopic (exact) mass is 210 g/mol. The number of carbonyl (C=O) groups excluding carboxylic acids is 1. The van der Waals surface area contributed by atoms with Gasteiger partial charge in [0.05, 0.1) is 25.4 Å². The highest BCUT2D eigenvalue weighted by Gasteiger charge is 2.09. The Kier molecular flexibility index (Phi) is 4.63. The number of aliphatic hydroxyl groups excluding tert-OH is 1. The van der Waals surface area contributed by atoms with Crippen LogP contribution in [0.3, 0.4) is 0 Å². The summed E-state index contributed by atoms with van der Waals surface area (Å²) in [5.74, 6) is -0.0926. The highest BCUT2D eigenvalue weighted by atomic mass is 16.5. The number of hydrogen-bond donors (Lipinski definition) is 1. The summed E-state index contributed by atoms with van der Waals surface area (Å²) in [5.41, 5.74) is 0. The fourth-order valence-electron chi connectivity index (χ4n) is 1.13. The van der Waals surface area contributed by atoms with E-state index in [-0.39, 0.29) is 12.5 Å². The van der Waals surface area contributed by atoms with Crippen molar-refractivity contribution in [2.75, 3.05) is 13.2 Å². The van der Waals surface area contributed by atoms with Gasteiger partial charge in [-0.05, 0) is 19.1 Å². The highest BCUT2D eigenvalue weighted by molar-refractivity contribution is 5.82. The molecule has 0 aromatic carbocycles. The quantitative estimate of drug-likeness (QED) is 0.590. The molecule has 1 heterocycles. The van der Waals surface area contributed by atoms with Crippen LogP contribution in [0, 0.1) is 0 Å². The molecule has 1 aromatic rings. The van der Waals surface area contributed by atoms with Crippen molar-refractivity contribution in [3.63, 3.8) is 0 Å². The Morgan fingerprint density at radius 3 is 3.07 bits per heavy atom. The molecular weight excluding hydrogens is 196 g/mol. The van der Waals surface area contributed by atoms with E-state index in [1.54, 1.807) is 25.1 Å². The molecule has 15 heavy (non-hydrogen) atoms. The van der Waals surface area contributed by atoms with Crippen molar-refractivity contribution < 1.29 is 19.1 Å². The van der Waals surface area contributed by atoms with Gasteiger partial charge in [0, 0.05) is 6.08 Å². The summed E-state index contributed by atoms with van der Waals surface area (Å²) in [5, 5.41) is 9.08. The molecule has 1 N–H and O–H groups in total. The van der Waals surface area contributed by atoms with Crippen LogP contribution < -0.4 is 0 Å². The fraction of sp³-hybridized carbons (Fsp3) is 0.364. The van der Waals surface area contributed by atoms with E-state index in [1.807, 2.05) is 0 Å². The number of furan rings is 1. The standard InChI is InChI=1S/C11H14O4/c1-2-14-11(13)6-5-9(8-12)10-4-3-7-15-10/h3-7,9,12H,2,8H2,1H3/b6-5+. The van der Waals surface area contributed by atoms with Crippen molar-refractivity contribution in [1.82, 2.24) is 0 Å². The van der Waals surface area contributed by atoms with E-state index < -0.39 is 5.97 Å². The van der Waals surface area contributed by atoms with E-state index in [4.69, 9.17) is 14.3 Å². The topological polar surface area (TPSA) is 59.7 Å². The molecule has 0 bridgehead atoms. The van der Waals surface area contributed by atoms with Crippen LogP contribution in [-0.2, 0) is 9.53 Å². The molecule has 1 rings (SSSR count). The van der Waals surface area contributed by atoms with E-state index in [9.17, 15) is 4.79 Å². The summed E-state index contributed by atoms with van der Waals surface area (Å²) in [4.78, 5) is 11.0. The Morgan fingerprint density at radius 2 is 2.53 bits per heavy atom. The van der Waals surface area contributed by atoms with Crippen molar-refractivity contribution in [2.45, 2.75) is 12.8 Å². The largest absolute Gasteiger partial charge is 0.469 e. The molecule has 0 fully saturated rings. The second-order valence-corrected chi connectivity index (χ2v) is 2.92. The maximum absolute atomic E-state index is 11.0. The van der Waals surface area contributed by atoms with Gasteiger partial charge < -0.3 is 14.3 Å². The third-order valence-corrected chi connectivity index (χ3v) is 1.86. The Hall–Kier alpha value is -1.55. The minimum atomic E-state index is -0.414. The summed E-state index contributed by atoms with van der Waals surface area (Å²) in [6.07, 6.45) is 4.39. The summed E-state index contributed by atoms with van der Waals surface area (Å²) in [6, 6.07) is 3.48. The lowest BCUT2D eigenvalue weighted by Gasteiger charge is -2.04. The summed E-state index contributed by atoms with van der Waals surface area (Å²) in [6.45, 7) is 1.97. The Balaban J connectivity index is 2.58. The number of aliphatic hydroxyl groups is 1. The molecule has 1 aromatic heterocycles. The van der Waals surface area contributed by atoms with E-state index in [2.05, 4.69) is 0 Å². The van der Waals surface area contributed by atoms with Crippen LogP contribution in [0.1, 0.15) is 18.6 Å². The second-order valence-electron chi connectivity index (χ2n) is 2.92. The van der Waals surface area contributed by atoms with Crippen molar-refractivity contribution in [2.24, 2.45) is 0 Å². The number of ether oxygens (including phenoxy) is 1. The summed E-state index contributed by atoms with van der Waals surface area (Å²) >= 11 is 0. The molecule has 0 amide bonds. The normalized spacial score (nSPS) is 12.9. The van der Waals surface area contributed by atoms with Gasteiger partial charge in [0.25, 0.3) is 0 Å². The zero-order chi connectivity index (χ0) is 11.1. The van der Waals surface area contributed by atoms with Crippen molar-refractivity contribution in [1.29, 1.82) is 0 Å². The van der Waals surface area contributed by atoms with E-state index in [1.165, 1.54) is 12.3 Å². The third kappa shape index (κ3) is 3.59. The first-order valence-corrected chi connectivity index (χ1v) is 4.77. The molecule has 82 valence electrons. The predicted molar refractivity (Wildman–Crippen MR) is 54.3 cm³/mol. The molecule has 0 saturated carbocycles. The van der Waals surface area contributed by atoms with Crippen LogP contribution in [-0.4, -0.2) is 24.3 Å². The molecular formula is C11H14O4. The second kappa shape index (κ2) is 6.03. The predicted octanol–water partition coefficient (Wildman–Crippen LogP) is 1.47. The highest BCUT2D eigenvalue weighted by Crippen LogP contribution is 2.16. The van der Waals surface area contributed by atoms with Crippen molar-refractivity contribution in [3.05, 3.63) is 36.3 Å². The first kappa shape index (κ1) is 11.5. The van der Waals surface area contributed by atoms with Gasteiger partial charge in [-0.2, -0.15) is 0 Å². The van der Waals surface area contributed by atoms with Gasteiger partial charge in [-0.3, -0.25) is 0 Å². The number of esters is 1. The zero-order valence-corrected chi connectivity index (χ0v) is 8.55. The van der Waals surface area contributed by atoms with Crippen LogP contribution in [0.2, 0.25) is 0 Å². The van der Waals surface area contributed by atoms with Gasteiger partial charge in [0.2, 0.25) is 0 Å². The maximum atomic E-state index is 11.0. The van der Waals surface area contributed by atoms with Crippen molar-refractivity contribution in [3.8, 4) is 0 Å². The molecule has 0 aliphatic rings. The van der Waals surface area contributed by atoms with Crippen LogP contribution >= 0.6 is 0 Å². The molecule has 0 spiro atoms. The average Bonchev–Trinajstić information content (AvgIpc) is 2.72. The molecule has 0 saturated heterocycles. The third-order valence-electron chi connectivity index (χ3n) is 1.86. The Labute approximate surface area is 88.2 Å². The van der Waals surface area contributed by atoms with Gasteiger partial charge in [0.1, 0.15) is 5.76 Å². The number of carbonyl (C=O) groups is 1. The van der Waals surface area contributed by atoms with E-state index in [0.29, 0.717) is 12.4 Å². The van der Waals surface area contributed by atoms with Crippen LogP contribution in [0.4, 0.5) is 0 Å². The molecule has 1 unspecified atom stereocenters. The van der Waals surface area contributed by atoms with Gasteiger partial charge >= 0.3 is 5.97 Å². The average molecular weight is 210 g/mol. The molecule has 0 aliphatic carbocycles. The van der Waals surface area contributed by atoms with Crippen LogP contribution in [0.15, 0.2) is 35.0 Å². The minimum Gasteiger partial charge on any atom is -0.469 e. The van der Waals surface area contributed by atoms with Gasteiger partial charge in [-0.1, -0.05) is 6.08 Å². The summed E-state index contributed by atoms with van der Waals surface area (Å²) in [7, 11) is 0. The molecule has 4 nitrogen and oxygen atoms in total. The Bertz CT molecular complexity index is 313. The molecule has 1 atom stereocenters. The SMILES string of the molecule is CCOC(=O)/C=C/C(CO)c1ccco1. The lowest BCUT2D eigenvalue weighted by atomic mass is 10.1. The van der Waals surface area contributed by atoms with Crippen LogP contribution in [0.25, 0.3) is 0 Å². The van der Waals surface area contributed by atoms with Crippen molar-refractivity contribution >= 4 is 5.97 Å². The summed E-state index contributed by atoms with van der Waals surface area (Å²) < 4.78 is 9.83. The first-order valence-electron chi connectivity index (χ1n) is 4.77. The molecule has 0 radical (unpaired) electrons. The molecule has 4 heteroatoms. The lowest BCUT2D eigenvalue weighted by Crippen LogP contribution is -2.03. The van der Waals surface area contributed by atoms with Crippen LogP contribution in [0.5, 0.6) is 0 Å². The Morgan fingerprint density at radius 1 is 1.73 bits per heavy atom. The maximum Gasteiger partial charge on any atom is 0.330 e. The van der Waals surface area contributed by atoms with Gasteiger partial charge in [-0.15, -0.1) is 0 Å².